The van der Waals surface area contributed by atoms with E-state index in [2.05, 4.69) is 13.8 Å². The molecule has 3 rings (SSSR count). The van der Waals surface area contributed by atoms with Crippen LogP contribution in [0.15, 0.2) is 12.1 Å². The molecule has 1 nitrogen and oxygen atoms in total. The summed E-state index contributed by atoms with van der Waals surface area (Å²) in [5.41, 5.74) is 0.563. The molecular formula is C27H42F2O. The van der Waals surface area contributed by atoms with Crippen LogP contribution in [0.25, 0.3) is 0 Å². The van der Waals surface area contributed by atoms with Crippen molar-refractivity contribution in [2.75, 3.05) is 6.61 Å². The highest BCUT2D eigenvalue weighted by atomic mass is 19.2. The minimum absolute atomic E-state index is 0.0640. The van der Waals surface area contributed by atoms with Gasteiger partial charge in [0.1, 0.15) is 0 Å². The monoisotopic (exact) mass is 420 g/mol. The molecule has 0 aliphatic heterocycles. The normalized spacial score (nSPS) is 27.2. The van der Waals surface area contributed by atoms with Crippen molar-refractivity contribution in [3.05, 3.63) is 29.3 Å². The molecule has 2 fully saturated rings. The van der Waals surface area contributed by atoms with E-state index in [9.17, 15) is 8.78 Å². The summed E-state index contributed by atoms with van der Waals surface area (Å²) < 4.78 is 34.6. The van der Waals surface area contributed by atoms with E-state index < -0.39 is 11.6 Å². The Labute approximate surface area is 183 Å². The maximum atomic E-state index is 14.7. The first-order valence-corrected chi connectivity index (χ1v) is 12.7. The van der Waals surface area contributed by atoms with Crippen molar-refractivity contribution in [2.45, 2.75) is 110 Å². The summed E-state index contributed by atoms with van der Waals surface area (Å²) in [6.07, 6.45) is 17.3. The van der Waals surface area contributed by atoms with Crippen molar-refractivity contribution in [1.29, 1.82) is 0 Å². The topological polar surface area (TPSA) is 9.23 Å². The lowest BCUT2D eigenvalue weighted by atomic mass is 9.68. The molecule has 0 aromatic heterocycles. The summed E-state index contributed by atoms with van der Waals surface area (Å²) in [6.45, 7) is 4.78. The Hall–Kier alpha value is -1.12. The number of unbranched alkanes of at least 4 members (excludes halogenated alkanes) is 3. The summed E-state index contributed by atoms with van der Waals surface area (Å²) in [6, 6.07) is 3.40. The lowest BCUT2D eigenvalue weighted by molar-refractivity contribution is 0.155. The molecule has 2 aliphatic rings. The van der Waals surface area contributed by atoms with Crippen LogP contribution < -0.4 is 4.74 Å². The molecule has 1 aromatic carbocycles. The van der Waals surface area contributed by atoms with Gasteiger partial charge in [-0.25, -0.2) is 4.39 Å². The van der Waals surface area contributed by atoms with E-state index in [1.807, 2.05) is 0 Å². The minimum atomic E-state index is -0.799. The van der Waals surface area contributed by atoms with Gasteiger partial charge in [-0.3, -0.25) is 0 Å². The number of hydrogen-bond acceptors (Lipinski definition) is 1. The fourth-order valence-electron chi connectivity index (χ4n) is 5.83. The predicted molar refractivity (Wildman–Crippen MR) is 121 cm³/mol. The summed E-state index contributed by atoms with van der Waals surface area (Å²) >= 11 is 0. The molecule has 0 heterocycles. The molecule has 0 amide bonds. The van der Waals surface area contributed by atoms with E-state index in [0.717, 1.165) is 43.4 Å². The lowest BCUT2D eigenvalue weighted by Crippen LogP contribution is -2.25. The summed E-state index contributed by atoms with van der Waals surface area (Å²) in [4.78, 5) is 0. The van der Waals surface area contributed by atoms with Crippen LogP contribution in [0.4, 0.5) is 8.78 Å². The molecule has 0 saturated heterocycles. The maximum absolute atomic E-state index is 14.7. The zero-order valence-corrected chi connectivity index (χ0v) is 19.2. The molecule has 2 saturated carbocycles. The standard InChI is InChI=1S/C27H42F2O/c1-3-5-7-8-20-9-11-21(12-10-20)22-13-15-23(16-14-22)24-17-18-25(27(29)26(24)28)30-19-6-4-2/h17-18,20-23H,3-16,19H2,1-2H3. The average molecular weight is 421 g/mol. The van der Waals surface area contributed by atoms with Gasteiger partial charge < -0.3 is 4.74 Å². The van der Waals surface area contributed by atoms with Crippen LogP contribution >= 0.6 is 0 Å². The molecule has 0 bridgehead atoms. The fraction of sp³-hybridized carbons (Fsp3) is 0.778. The molecule has 2 aliphatic carbocycles. The molecule has 0 N–H and O–H groups in total. The molecule has 0 unspecified atom stereocenters. The maximum Gasteiger partial charge on any atom is 0.200 e. The van der Waals surface area contributed by atoms with Crippen LogP contribution in [-0.4, -0.2) is 6.61 Å². The molecule has 170 valence electrons. The van der Waals surface area contributed by atoms with Crippen molar-refractivity contribution in [1.82, 2.24) is 0 Å². The Morgan fingerprint density at radius 2 is 1.40 bits per heavy atom. The zero-order chi connectivity index (χ0) is 21.3. The summed E-state index contributed by atoms with van der Waals surface area (Å²) in [7, 11) is 0. The number of benzene rings is 1. The van der Waals surface area contributed by atoms with Gasteiger partial charge in [0.25, 0.3) is 0 Å². The van der Waals surface area contributed by atoms with Gasteiger partial charge in [0, 0.05) is 0 Å². The molecule has 0 atom stereocenters. The number of hydrogen-bond donors (Lipinski definition) is 0. The zero-order valence-electron chi connectivity index (χ0n) is 19.2. The third-order valence-electron chi connectivity index (χ3n) is 7.82. The number of halogens is 2. The van der Waals surface area contributed by atoms with Crippen LogP contribution in [0.3, 0.4) is 0 Å². The van der Waals surface area contributed by atoms with Gasteiger partial charge in [0.2, 0.25) is 5.82 Å². The van der Waals surface area contributed by atoms with Crippen molar-refractivity contribution in [2.24, 2.45) is 17.8 Å². The third-order valence-corrected chi connectivity index (χ3v) is 7.82. The smallest absolute Gasteiger partial charge is 0.200 e. The first-order chi connectivity index (χ1) is 14.6. The van der Waals surface area contributed by atoms with Gasteiger partial charge in [-0.15, -0.1) is 0 Å². The van der Waals surface area contributed by atoms with E-state index in [4.69, 9.17) is 4.74 Å². The second kappa shape index (κ2) is 12.1. The second-order valence-electron chi connectivity index (χ2n) is 9.87. The van der Waals surface area contributed by atoms with E-state index >= 15 is 0 Å². The Morgan fingerprint density at radius 1 is 0.767 bits per heavy atom. The SMILES string of the molecule is CCCCCC1CCC(C2CCC(c3ccc(OCCCC)c(F)c3F)CC2)CC1. The Morgan fingerprint density at radius 3 is 2.03 bits per heavy atom. The number of ether oxygens (including phenoxy) is 1. The molecule has 1 aromatic rings. The first-order valence-electron chi connectivity index (χ1n) is 12.7. The van der Waals surface area contributed by atoms with Gasteiger partial charge in [-0.2, -0.15) is 4.39 Å². The van der Waals surface area contributed by atoms with Crippen LogP contribution in [0.2, 0.25) is 0 Å². The predicted octanol–water partition coefficient (Wildman–Crippen LogP) is 8.80. The molecule has 30 heavy (non-hydrogen) atoms. The lowest BCUT2D eigenvalue weighted by Gasteiger charge is -2.38. The number of rotatable bonds is 10. The highest BCUT2D eigenvalue weighted by Crippen LogP contribution is 2.45. The highest BCUT2D eigenvalue weighted by molar-refractivity contribution is 5.33. The van der Waals surface area contributed by atoms with Gasteiger partial charge in [-0.05, 0) is 80.2 Å². The molecule has 0 spiro atoms. The van der Waals surface area contributed by atoms with Gasteiger partial charge in [-0.1, -0.05) is 64.9 Å². The quantitative estimate of drug-likeness (QED) is 0.344. The minimum Gasteiger partial charge on any atom is -0.490 e. The van der Waals surface area contributed by atoms with E-state index in [0.29, 0.717) is 12.2 Å². The van der Waals surface area contributed by atoms with Gasteiger partial charge in [0.15, 0.2) is 11.6 Å². The van der Waals surface area contributed by atoms with E-state index in [1.54, 1.807) is 12.1 Å². The van der Waals surface area contributed by atoms with Gasteiger partial charge in [0.05, 0.1) is 6.61 Å². The summed E-state index contributed by atoms with van der Waals surface area (Å²) in [5.74, 6) is 1.36. The highest BCUT2D eigenvalue weighted by Gasteiger charge is 2.32. The third kappa shape index (κ3) is 6.20. The van der Waals surface area contributed by atoms with E-state index in [1.165, 1.54) is 64.2 Å². The largest absolute Gasteiger partial charge is 0.490 e. The Balaban J connectivity index is 1.47. The van der Waals surface area contributed by atoms with E-state index in [-0.39, 0.29) is 11.7 Å². The fourth-order valence-corrected chi connectivity index (χ4v) is 5.83. The van der Waals surface area contributed by atoms with Crippen LogP contribution in [0.1, 0.15) is 115 Å². The average Bonchev–Trinajstić information content (AvgIpc) is 2.78. The van der Waals surface area contributed by atoms with Gasteiger partial charge >= 0.3 is 0 Å². The first kappa shape index (κ1) is 23.5. The molecular weight excluding hydrogens is 378 g/mol. The molecule has 3 heteroatoms. The van der Waals surface area contributed by atoms with Crippen molar-refractivity contribution < 1.29 is 13.5 Å². The second-order valence-corrected chi connectivity index (χ2v) is 9.87. The van der Waals surface area contributed by atoms with Crippen LogP contribution in [0, 0.1) is 29.4 Å². The Kier molecular flexibility index (Phi) is 9.46. The summed E-state index contributed by atoms with van der Waals surface area (Å²) in [5, 5.41) is 0. The van der Waals surface area contributed by atoms with Crippen LogP contribution in [0.5, 0.6) is 5.75 Å². The molecule has 0 radical (unpaired) electrons. The van der Waals surface area contributed by atoms with Crippen molar-refractivity contribution in [3.8, 4) is 5.75 Å². The van der Waals surface area contributed by atoms with Crippen molar-refractivity contribution >= 4 is 0 Å². The van der Waals surface area contributed by atoms with Crippen LogP contribution in [-0.2, 0) is 0 Å². The Bertz CT molecular complexity index is 628. The van der Waals surface area contributed by atoms with Crippen molar-refractivity contribution in [3.63, 3.8) is 0 Å².